The van der Waals surface area contributed by atoms with Gasteiger partial charge in [0.2, 0.25) is 0 Å². The zero-order chi connectivity index (χ0) is 15.6. The molecule has 2 saturated heterocycles. The average Bonchev–Trinajstić information content (AvgIpc) is 2.86. The molecule has 7 nitrogen and oxygen atoms in total. The molecule has 0 radical (unpaired) electrons. The topological polar surface area (TPSA) is 80.6 Å². The van der Waals surface area contributed by atoms with Gasteiger partial charge in [-0.2, -0.15) is 0 Å². The van der Waals surface area contributed by atoms with Crippen molar-refractivity contribution in [3.63, 3.8) is 0 Å². The number of aliphatic hydroxyl groups is 2. The molecule has 2 heterocycles. The maximum Gasteiger partial charge on any atom is 0.190 e. The Labute approximate surface area is 137 Å². The van der Waals surface area contributed by atoms with Crippen molar-refractivity contribution in [1.29, 1.82) is 0 Å². The molecule has 2 rings (SSSR count). The van der Waals surface area contributed by atoms with Crippen LogP contribution in [0.2, 0.25) is 0 Å². The summed E-state index contributed by atoms with van der Waals surface area (Å²) in [5.74, 6) is -0.726. The van der Waals surface area contributed by atoms with E-state index in [9.17, 15) is 5.11 Å². The quantitative estimate of drug-likeness (QED) is 0.630. The van der Waals surface area contributed by atoms with E-state index in [0.29, 0.717) is 6.61 Å². The van der Waals surface area contributed by atoms with E-state index in [-0.39, 0.29) is 25.1 Å². The van der Waals surface area contributed by atoms with E-state index >= 15 is 0 Å². The van der Waals surface area contributed by atoms with Crippen LogP contribution >= 0.6 is 12.4 Å². The maximum atomic E-state index is 9.88. The van der Waals surface area contributed by atoms with Crippen LogP contribution in [0, 0.1) is 0 Å². The first-order chi connectivity index (χ1) is 9.84. The molecule has 0 aromatic heterocycles. The van der Waals surface area contributed by atoms with Crippen molar-refractivity contribution in [2.24, 2.45) is 0 Å². The smallest absolute Gasteiger partial charge is 0.190 e. The van der Waals surface area contributed by atoms with Crippen LogP contribution in [0.15, 0.2) is 0 Å². The minimum Gasteiger partial charge on any atom is -0.394 e. The van der Waals surface area contributed by atoms with Crippen LogP contribution in [0.25, 0.3) is 0 Å². The molecule has 2 fully saturated rings. The lowest BCUT2D eigenvalue weighted by Gasteiger charge is -2.28. The summed E-state index contributed by atoms with van der Waals surface area (Å²) in [6, 6.07) is 0. The predicted molar refractivity (Wildman–Crippen MR) is 81.9 cm³/mol. The van der Waals surface area contributed by atoms with E-state index in [1.165, 1.54) is 0 Å². The van der Waals surface area contributed by atoms with Crippen LogP contribution in [-0.4, -0.2) is 85.5 Å². The predicted octanol–water partition coefficient (Wildman–Crippen LogP) is -0.0253. The highest BCUT2D eigenvalue weighted by molar-refractivity contribution is 5.85. The van der Waals surface area contributed by atoms with Gasteiger partial charge in [-0.05, 0) is 40.9 Å². The Kier molecular flexibility index (Phi) is 7.48. The summed E-state index contributed by atoms with van der Waals surface area (Å²) < 4.78 is 23.0. The Hall–Kier alpha value is 0.01000. The van der Waals surface area contributed by atoms with Gasteiger partial charge in [-0.15, -0.1) is 12.4 Å². The highest BCUT2D eigenvalue weighted by Gasteiger charge is 2.56. The summed E-state index contributed by atoms with van der Waals surface area (Å²) in [7, 11) is 4.01. The van der Waals surface area contributed by atoms with Crippen LogP contribution in [0.1, 0.15) is 20.3 Å². The Morgan fingerprint density at radius 1 is 1.27 bits per heavy atom. The minimum absolute atomic E-state index is 0. The lowest BCUT2D eigenvalue weighted by atomic mass is 10.1. The Morgan fingerprint density at radius 2 is 1.95 bits per heavy atom. The van der Waals surface area contributed by atoms with Gasteiger partial charge >= 0.3 is 0 Å². The van der Waals surface area contributed by atoms with Crippen molar-refractivity contribution in [2.45, 2.75) is 56.8 Å². The molecule has 0 spiro atoms. The first-order valence-corrected chi connectivity index (χ1v) is 7.40. The number of rotatable bonds is 7. The molecular weight excluding hydrogens is 314 g/mol. The van der Waals surface area contributed by atoms with Crippen molar-refractivity contribution < 1.29 is 29.2 Å². The fourth-order valence-electron chi connectivity index (χ4n) is 2.71. The molecule has 0 aliphatic carbocycles. The molecule has 0 saturated carbocycles. The Balaban J connectivity index is 0.00000242. The van der Waals surface area contributed by atoms with Crippen molar-refractivity contribution in [3.05, 3.63) is 0 Å². The third kappa shape index (κ3) is 4.75. The number of nitrogens with zero attached hydrogens (tertiary/aromatic N) is 1. The van der Waals surface area contributed by atoms with Crippen LogP contribution in [-0.2, 0) is 18.9 Å². The molecule has 0 aromatic rings. The Morgan fingerprint density at radius 3 is 2.55 bits per heavy atom. The van der Waals surface area contributed by atoms with Crippen LogP contribution in [0.3, 0.4) is 0 Å². The number of aliphatic hydroxyl groups excluding tert-OH is 2. The van der Waals surface area contributed by atoms with Gasteiger partial charge in [-0.1, -0.05) is 0 Å². The van der Waals surface area contributed by atoms with Crippen LogP contribution in [0.5, 0.6) is 0 Å². The molecule has 2 aliphatic rings. The second-order valence-electron chi connectivity index (χ2n) is 6.31. The summed E-state index contributed by atoms with van der Waals surface area (Å²) in [4.78, 5) is 2.08. The summed E-state index contributed by atoms with van der Waals surface area (Å²) in [6.07, 6.45) is -2.17. The SMILES string of the molecule is CN(C)CCCO[C@@H]1[C@H]2OC(C)(C)O[C@H]2O[C@@H]1[C@H](O)CO.Cl. The second-order valence-corrected chi connectivity index (χ2v) is 6.31. The Bertz CT molecular complexity index is 343. The summed E-state index contributed by atoms with van der Waals surface area (Å²) in [5.41, 5.74) is 0. The molecule has 0 amide bonds. The van der Waals surface area contributed by atoms with Crippen molar-refractivity contribution in [3.8, 4) is 0 Å². The fourth-order valence-corrected chi connectivity index (χ4v) is 2.71. The van der Waals surface area contributed by atoms with E-state index < -0.39 is 30.4 Å². The average molecular weight is 342 g/mol. The van der Waals surface area contributed by atoms with Gasteiger partial charge in [0, 0.05) is 6.61 Å². The molecule has 0 unspecified atom stereocenters. The van der Waals surface area contributed by atoms with Gasteiger partial charge in [-0.3, -0.25) is 0 Å². The number of hydrogen-bond donors (Lipinski definition) is 2. The lowest BCUT2D eigenvalue weighted by Crippen LogP contribution is -2.44. The number of ether oxygens (including phenoxy) is 4. The van der Waals surface area contributed by atoms with E-state index in [0.717, 1.165) is 13.0 Å². The zero-order valence-corrected chi connectivity index (χ0v) is 14.4. The van der Waals surface area contributed by atoms with Gasteiger partial charge in [-0.25, -0.2) is 0 Å². The third-order valence-corrected chi connectivity index (χ3v) is 3.65. The molecule has 5 atom stereocenters. The van der Waals surface area contributed by atoms with Gasteiger partial charge in [0.1, 0.15) is 24.4 Å². The molecule has 22 heavy (non-hydrogen) atoms. The highest BCUT2D eigenvalue weighted by atomic mass is 35.5. The number of fused-ring (bicyclic) bond motifs is 1. The molecule has 0 aromatic carbocycles. The molecule has 8 heteroatoms. The van der Waals surface area contributed by atoms with E-state index in [4.69, 9.17) is 24.1 Å². The van der Waals surface area contributed by atoms with E-state index in [1.54, 1.807) is 0 Å². The van der Waals surface area contributed by atoms with Gasteiger partial charge in [0.15, 0.2) is 12.1 Å². The highest BCUT2D eigenvalue weighted by Crippen LogP contribution is 2.39. The molecular formula is C14H28ClNO6. The summed E-state index contributed by atoms with van der Waals surface area (Å²) in [5, 5.41) is 19.0. The number of halogens is 1. The molecule has 2 N–H and O–H groups in total. The monoisotopic (exact) mass is 341 g/mol. The molecule has 0 bridgehead atoms. The van der Waals surface area contributed by atoms with Crippen molar-refractivity contribution >= 4 is 12.4 Å². The van der Waals surface area contributed by atoms with Crippen LogP contribution in [0.4, 0.5) is 0 Å². The largest absolute Gasteiger partial charge is 0.394 e. The van der Waals surface area contributed by atoms with Gasteiger partial charge in [0.25, 0.3) is 0 Å². The molecule has 132 valence electrons. The third-order valence-electron chi connectivity index (χ3n) is 3.65. The van der Waals surface area contributed by atoms with Crippen LogP contribution < -0.4 is 0 Å². The second kappa shape index (κ2) is 8.21. The van der Waals surface area contributed by atoms with Gasteiger partial charge in [0.05, 0.1) is 6.61 Å². The van der Waals surface area contributed by atoms with E-state index in [2.05, 4.69) is 4.90 Å². The zero-order valence-electron chi connectivity index (χ0n) is 13.6. The first-order valence-electron chi connectivity index (χ1n) is 7.40. The fraction of sp³-hybridized carbons (Fsp3) is 1.00. The standard InChI is InChI=1S/C14H27NO6.ClH/c1-14(2)20-12-11(18-7-5-6-15(3)4)10(9(17)8-16)19-13(12)21-14;/h9-13,16-17H,5-8H2,1-4H3;1H/t9-,10-,11+,12-,13-;/m1./s1. The lowest BCUT2D eigenvalue weighted by molar-refractivity contribution is -0.231. The van der Waals surface area contributed by atoms with Gasteiger partial charge < -0.3 is 34.1 Å². The van der Waals surface area contributed by atoms with E-state index in [1.807, 2.05) is 27.9 Å². The summed E-state index contributed by atoms with van der Waals surface area (Å²) >= 11 is 0. The number of hydrogen-bond acceptors (Lipinski definition) is 7. The minimum atomic E-state index is -1.01. The van der Waals surface area contributed by atoms with Crippen molar-refractivity contribution in [2.75, 3.05) is 33.9 Å². The normalized spacial score (nSPS) is 34.5. The maximum absolute atomic E-state index is 9.88. The van der Waals surface area contributed by atoms with Crippen molar-refractivity contribution in [1.82, 2.24) is 4.90 Å². The molecule has 2 aliphatic heterocycles. The summed E-state index contributed by atoms with van der Waals surface area (Å²) in [6.45, 7) is 4.70. The first kappa shape index (κ1) is 20.1.